The predicted molar refractivity (Wildman–Crippen MR) is 119 cm³/mol. The topological polar surface area (TPSA) is 98.5 Å². The molecule has 1 aliphatic heterocycles. The fourth-order valence-electron chi connectivity index (χ4n) is 4.63. The summed E-state index contributed by atoms with van der Waals surface area (Å²) in [7, 11) is -4.17. The number of anilines is 1. The maximum atomic E-state index is 13.7. The number of nitriles is 1. The van der Waals surface area contributed by atoms with Crippen molar-refractivity contribution in [2.24, 2.45) is 0 Å². The smallest absolute Gasteiger partial charge is 0.252 e. The van der Waals surface area contributed by atoms with Crippen molar-refractivity contribution in [3.05, 3.63) is 59.9 Å². The molecular formula is C24H24FN3O4S. The molecule has 1 heterocycles. The van der Waals surface area contributed by atoms with E-state index in [1.807, 2.05) is 6.07 Å². The van der Waals surface area contributed by atoms with Gasteiger partial charge >= 0.3 is 0 Å². The van der Waals surface area contributed by atoms with E-state index in [2.05, 4.69) is 0 Å². The van der Waals surface area contributed by atoms with Crippen LogP contribution < -0.4 is 4.90 Å². The van der Waals surface area contributed by atoms with Crippen molar-refractivity contribution in [1.29, 1.82) is 5.26 Å². The normalized spacial score (nSPS) is 20.2. The van der Waals surface area contributed by atoms with Gasteiger partial charge in [0.05, 0.1) is 28.6 Å². The van der Waals surface area contributed by atoms with Crippen LogP contribution in [0.3, 0.4) is 0 Å². The Morgan fingerprint density at radius 1 is 0.939 bits per heavy atom. The van der Waals surface area contributed by atoms with Gasteiger partial charge in [-0.1, -0.05) is 25.7 Å². The van der Waals surface area contributed by atoms with E-state index in [4.69, 9.17) is 5.26 Å². The number of benzene rings is 2. The van der Waals surface area contributed by atoms with Crippen LogP contribution >= 0.6 is 0 Å². The Morgan fingerprint density at radius 2 is 1.55 bits per heavy atom. The lowest BCUT2D eigenvalue weighted by molar-refractivity contribution is -0.122. The summed E-state index contributed by atoms with van der Waals surface area (Å²) in [6, 6.07) is 10.9. The summed E-state index contributed by atoms with van der Waals surface area (Å²) in [5.74, 6) is -1.67. The van der Waals surface area contributed by atoms with Crippen molar-refractivity contribution in [2.45, 2.75) is 61.9 Å². The first-order valence-electron chi connectivity index (χ1n) is 11.0. The van der Waals surface area contributed by atoms with Crippen LogP contribution in [0.4, 0.5) is 10.1 Å². The molecule has 1 saturated heterocycles. The zero-order valence-electron chi connectivity index (χ0n) is 18.0. The van der Waals surface area contributed by atoms with Gasteiger partial charge < -0.3 is 0 Å². The number of sulfonamides is 1. The van der Waals surface area contributed by atoms with Crippen molar-refractivity contribution in [2.75, 3.05) is 4.90 Å². The fourth-order valence-corrected chi connectivity index (χ4v) is 6.46. The third-order valence-corrected chi connectivity index (χ3v) is 8.23. The molecule has 33 heavy (non-hydrogen) atoms. The van der Waals surface area contributed by atoms with Gasteiger partial charge in [0.1, 0.15) is 11.9 Å². The average Bonchev–Trinajstić information content (AvgIpc) is 2.97. The molecule has 2 aliphatic rings. The molecule has 1 atom stereocenters. The lowest BCUT2D eigenvalue weighted by atomic mass is 10.1. The molecule has 172 valence electrons. The highest BCUT2D eigenvalue weighted by molar-refractivity contribution is 7.89. The first-order valence-corrected chi connectivity index (χ1v) is 12.4. The second-order valence-electron chi connectivity index (χ2n) is 8.38. The third-order valence-electron chi connectivity index (χ3n) is 6.26. The molecule has 0 N–H and O–H groups in total. The number of imide groups is 1. The average molecular weight is 470 g/mol. The summed E-state index contributed by atoms with van der Waals surface area (Å²) in [4.78, 5) is 27.2. The minimum absolute atomic E-state index is 0.106. The van der Waals surface area contributed by atoms with E-state index >= 15 is 0 Å². The molecule has 2 aromatic rings. The van der Waals surface area contributed by atoms with Crippen LogP contribution in [0.2, 0.25) is 0 Å². The van der Waals surface area contributed by atoms with Crippen LogP contribution in [0, 0.1) is 17.1 Å². The quantitative estimate of drug-likeness (QED) is 0.491. The van der Waals surface area contributed by atoms with Gasteiger partial charge in [0.25, 0.3) is 5.91 Å². The highest BCUT2D eigenvalue weighted by Gasteiger charge is 2.49. The maximum Gasteiger partial charge on any atom is 0.252 e. The van der Waals surface area contributed by atoms with Gasteiger partial charge in [-0.3, -0.25) is 9.59 Å². The Bertz CT molecular complexity index is 1180. The zero-order valence-corrected chi connectivity index (χ0v) is 18.8. The molecule has 2 amide bonds. The Hall–Kier alpha value is -3.09. The van der Waals surface area contributed by atoms with Gasteiger partial charge in [-0.25, -0.2) is 17.7 Å². The largest absolute Gasteiger partial charge is 0.274 e. The Balaban J connectivity index is 1.73. The zero-order chi connectivity index (χ0) is 23.6. The number of carbonyl (C=O) groups excluding carboxylic acids is 2. The van der Waals surface area contributed by atoms with Crippen LogP contribution in [-0.4, -0.2) is 36.6 Å². The van der Waals surface area contributed by atoms with E-state index in [1.54, 1.807) is 0 Å². The van der Waals surface area contributed by atoms with Crippen molar-refractivity contribution < 1.29 is 22.4 Å². The number of nitrogens with zero attached hydrogens (tertiary/aromatic N) is 3. The van der Waals surface area contributed by atoms with Crippen LogP contribution in [0.15, 0.2) is 53.4 Å². The fraction of sp³-hybridized carbons (Fsp3) is 0.375. The molecule has 9 heteroatoms. The van der Waals surface area contributed by atoms with E-state index < -0.39 is 39.7 Å². The molecule has 2 aromatic carbocycles. The highest BCUT2D eigenvalue weighted by atomic mass is 32.2. The molecule has 0 bridgehead atoms. The van der Waals surface area contributed by atoms with E-state index in [1.165, 1.54) is 40.7 Å². The first kappa shape index (κ1) is 23.1. The van der Waals surface area contributed by atoms with Crippen molar-refractivity contribution in [1.82, 2.24) is 4.31 Å². The number of hydrogen-bond donors (Lipinski definition) is 0. The molecule has 0 spiro atoms. The van der Waals surface area contributed by atoms with E-state index in [0.717, 1.165) is 42.7 Å². The lowest BCUT2D eigenvalue weighted by Crippen LogP contribution is -2.50. The van der Waals surface area contributed by atoms with Crippen LogP contribution in [-0.2, 0) is 19.6 Å². The Morgan fingerprint density at radius 3 is 2.12 bits per heavy atom. The summed E-state index contributed by atoms with van der Waals surface area (Å²) in [5, 5.41) is 9.00. The lowest BCUT2D eigenvalue weighted by Gasteiger charge is -2.33. The molecule has 1 aliphatic carbocycles. The molecule has 1 unspecified atom stereocenters. The van der Waals surface area contributed by atoms with Gasteiger partial charge in [0, 0.05) is 6.04 Å². The van der Waals surface area contributed by atoms with Crippen LogP contribution in [0.1, 0.15) is 50.5 Å². The Kier molecular flexibility index (Phi) is 6.58. The summed E-state index contributed by atoms with van der Waals surface area (Å²) in [5.41, 5.74) is 0.680. The summed E-state index contributed by atoms with van der Waals surface area (Å²) in [6.45, 7) is 0. The number of carbonyl (C=O) groups is 2. The molecule has 7 nitrogen and oxygen atoms in total. The molecule has 0 radical (unpaired) electrons. The van der Waals surface area contributed by atoms with Gasteiger partial charge in [-0.15, -0.1) is 0 Å². The van der Waals surface area contributed by atoms with Gasteiger partial charge in [0.15, 0.2) is 0 Å². The standard InChI is InChI=1S/C24H24FN3O4S/c25-18-9-13-21(14-10-18)33(31,32)28(20-5-3-1-2-4-6-20)22-15-23(29)27(24(22)30)19-11-7-17(16-26)8-12-19/h7-14,20,22H,1-6,15H2. The third kappa shape index (κ3) is 4.54. The molecule has 1 saturated carbocycles. The van der Waals surface area contributed by atoms with Gasteiger partial charge in [-0.05, 0) is 61.4 Å². The van der Waals surface area contributed by atoms with E-state index in [0.29, 0.717) is 24.1 Å². The monoisotopic (exact) mass is 469 g/mol. The first-order chi connectivity index (χ1) is 15.8. The highest BCUT2D eigenvalue weighted by Crippen LogP contribution is 2.34. The Labute approximate surface area is 192 Å². The summed E-state index contributed by atoms with van der Waals surface area (Å²) >= 11 is 0. The van der Waals surface area contributed by atoms with Crippen LogP contribution in [0.25, 0.3) is 0 Å². The number of hydrogen-bond acceptors (Lipinski definition) is 5. The van der Waals surface area contributed by atoms with Gasteiger partial charge in [0.2, 0.25) is 15.9 Å². The van der Waals surface area contributed by atoms with E-state index in [9.17, 15) is 22.4 Å². The number of rotatable bonds is 5. The van der Waals surface area contributed by atoms with Crippen molar-refractivity contribution in [3.63, 3.8) is 0 Å². The SMILES string of the molecule is N#Cc1ccc(N2C(=O)CC(N(C3CCCCCC3)S(=O)(=O)c3ccc(F)cc3)C2=O)cc1. The maximum absolute atomic E-state index is 13.7. The van der Waals surface area contributed by atoms with E-state index in [-0.39, 0.29) is 11.3 Å². The molecule has 4 rings (SSSR count). The predicted octanol–water partition coefficient (Wildman–Crippen LogP) is 3.74. The second kappa shape index (κ2) is 9.41. The molecule has 0 aromatic heterocycles. The van der Waals surface area contributed by atoms with Crippen molar-refractivity contribution in [3.8, 4) is 6.07 Å². The number of halogens is 1. The summed E-state index contributed by atoms with van der Waals surface area (Å²) in [6.07, 6.45) is 4.54. The van der Waals surface area contributed by atoms with Crippen LogP contribution in [0.5, 0.6) is 0 Å². The minimum Gasteiger partial charge on any atom is -0.274 e. The van der Waals surface area contributed by atoms with Gasteiger partial charge in [-0.2, -0.15) is 9.57 Å². The number of amides is 2. The molecular weight excluding hydrogens is 445 g/mol. The second-order valence-corrected chi connectivity index (χ2v) is 10.2. The minimum atomic E-state index is -4.17. The molecule has 2 fully saturated rings. The van der Waals surface area contributed by atoms with Crippen molar-refractivity contribution >= 4 is 27.5 Å². The summed E-state index contributed by atoms with van der Waals surface area (Å²) < 4.78 is 42.1.